The number of hydrogen-bond donors (Lipinski definition) is 1. The topological polar surface area (TPSA) is 79.7 Å². The van der Waals surface area contributed by atoms with Crippen molar-refractivity contribution in [3.63, 3.8) is 0 Å². The lowest BCUT2D eigenvalue weighted by Gasteiger charge is -2.35. The molecule has 174 valence electrons. The number of benzene rings is 2. The molecule has 0 saturated heterocycles. The third-order valence-electron chi connectivity index (χ3n) is 7.59. The summed E-state index contributed by atoms with van der Waals surface area (Å²) < 4.78 is 2.00. The summed E-state index contributed by atoms with van der Waals surface area (Å²) in [7, 11) is 0. The molecule has 7 nitrogen and oxygen atoms in total. The molecule has 0 amide bonds. The first-order valence-electron chi connectivity index (χ1n) is 12.3. The number of nitrogens with one attached hydrogen (secondary N) is 1. The Morgan fingerprint density at radius 3 is 2.68 bits per heavy atom. The van der Waals surface area contributed by atoms with Gasteiger partial charge in [0.05, 0.1) is 6.04 Å². The predicted molar refractivity (Wildman–Crippen MR) is 132 cm³/mol. The van der Waals surface area contributed by atoms with Crippen LogP contribution < -0.4 is 5.56 Å². The van der Waals surface area contributed by atoms with E-state index in [1.165, 1.54) is 24.0 Å². The number of tetrazole rings is 1. The van der Waals surface area contributed by atoms with Gasteiger partial charge in [-0.1, -0.05) is 43.2 Å². The zero-order valence-corrected chi connectivity index (χ0v) is 19.8. The molecule has 1 fully saturated rings. The number of fused-ring (bicyclic) bond motifs is 2. The van der Waals surface area contributed by atoms with Crippen molar-refractivity contribution in [1.29, 1.82) is 0 Å². The average Bonchev–Trinajstić information content (AvgIpc) is 3.52. The van der Waals surface area contributed by atoms with Crippen LogP contribution in [0.5, 0.6) is 0 Å². The van der Waals surface area contributed by atoms with Crippen LogP contribution in [0, 0.1) is 13.8 Å². The summed E-state index contributed by atoms with van der Waals surface area (Å²) in [6.45, 7) is 5.78. The van der Waals surface area contributed by atoms with Crippen molar-refractivity contribution in [2.45, 2.75) is 64.6 Å². The minimum Gasteiger partial charge on any atom is -0.322 e. The van der Waals surface area contributed by atoms with Gasteiger partial charge in [-0.05, 0) is 77.9 Å². The van der Waals surface area contributed by atoms with Gasteiger partial charge in [-0.2, -0.15) is 0 Å². The lowest BCUT2D eigenvalue weighted by molar-refractivity contribution is 0.190. The number of aromatic amines is 1. The summed E-state index contributed by atoms with van der Waals surface area (Å²) in [5.74, 6) is 0.779. The maximum atomic E-state index is 13.6. The van der Waals surface area contributed by atoms with E-state index in [1.807, 2.05) is 10.7 Å². The SMILES string of the molecule is Cc1cc(C)c2cc(C(c3nnnn3C3CCCC3)N3CCc4ccccc4C3)c(=O)[nH]c2c1. The van der Waals surface area contributed by atoms with E-state index in [1.54, 1.807) is 0 Å². The quantitative estimate of drug-likeness (QED) is 0.495. The summed E-state index contributed by atoms with van der Waals surface area (Å²) in [4.78, 5) is 19.1. The van der Waals surface area contributed by atoms with Crippen molar-refractivity contribution in [3.05, 3.63) is 86.5 Å². The lowest BCUT2D eigenvalue weighted by atomic mass is 9.95. The van der Waals surface area contributed by atoms with Crippen LogP contribution in [0.15, 0.2) is 47.3 Å². The largest absolute Gasteiger partial charge is 0.322 e. The molecule has 1 N–H and O–H groups in total. The van der Waals surface area contributed by atoms with Crippen molar-refractivity contribution in [3.8, 4) is 0 Å². The van der Waals surface area contributed by atoms with Crippen LogP contribution in [0.2, 0.25) is 0 Å². The van der Waals surface area contributed by atoms with Gasteiger partial charge in [-0.15, -0.1) is 5.10 Å². The smallest absolute Gasteiger partial charge is 0.253 e. The molecule has 1 unspecified atom stereocenters. The summed E-state index contributed by atoms with van der Waals surface area (Å²) in [5.41, 5.74) is 6.52. The average molecular weight is 455 g/mol. The van der Waals surface area contributed by atoms with Crippen molar-refractivity contribution < 1.29 is 0 Å². The Hall–Kier alpha value is -3.32. The van der Waals surface area contributed by atoms with Crippen LogP contribution in [-0.2, 0) is 13.0 Å². The molecule has 0 bridgehead atoms. The minimum atomic E-state index is -0.308. The van der Waals surface area contributed by atoms with Gasteiger partial charge >= 0.3 is 0 Å². The molecular formula is C27H30N6O. The zero-order valence-electron chi connectivity index (χ0n) is 19.8. The maximum Gasteiger partial charge on any atom is 0.253 e. The van der Waals surface area contributed by atoms with Crippen molar-refractivity contribution >= 4 is 10.9 Å². The Labute approximate surface area is 198 Å². The van der Waals surface area contributed by atoms with Gasteiger partial charge in [0.1, 0.15) is 6.04 Å². The Morgan fingerprint density at radius 1 is 1.06 bits per heavy atom. The molecule has 0 spiro atoms. The Balaban J connectivity index is 1.52. The van der Waals surface area contributed by atoms with Gasteiger partial charge in [-0.3, -0.25) is 9.69 Å². The molecule has 1 atom stereocenters. The summed E-state index contributed by atoms with van der Waals surface area (Å²) in [6.07, 6.45) is 5.50. The number of aryl methyl sites for hydroxylation is 2. The van der Waals surface area contributed by atoms with Crippen molar-refractivity contribution in [2.24, 2.45) is 0 Å². The Kier molecular flexibility index (Phi) is 5.29. The van der Waals surface area contributed by atoms with Crippen molar-refractivity contribution in [2.75, 3.05) is 6.54 Å². The highest BCUT2D eigenvalue weighted by molar-refractivity contribution is 5.83. The molecule has 1 aliphatic carbocycles. The second-order valence-electron chi connectivity index (χ2n) is 9.91. The first-order chi connectivity index (χ1) is 16.6. The van der Waals surface area contributed by atoms with E-state index in [0.717, 1.165) is 60.2 Å². The molecule has 3 heterocycles. The molecule has 4 aromatic rings. The van der Waals surface area contributed by atoms with Gasteiger partial charge in [0.2, 0.25) is 0 Å². The Bertz CT molecular complexity index is 1410. The number of nitrogens with zero attached hydrogens (tertiary/aromatic N) is 5. The van der Waals surface area contributed by atoms with Crippen LogP contribution in [0.25, 0.3) is 10.9 Å². The summed E-state index contributed by atoms with van der Waals surface area (Å²) in [5, 5.41) is 14.1. The van der Waals surface area contributed by atoms with Gasteiger partial charge in [0, 0.05) is 29.6 Å². The fourth-order valence-electron chi connectivity index (χ4n) is 5.92. The molecule has 2 aromatic heterocycles. The normalized spacial score (nSPS) is 17.8. The Morgan fingerprint density at radius 2 is 1.85 bits per heavy atom. The minimum absolute atomic E-state index is 0.0673. The number of aromatic nitrogens is 5. The highest BCUT2D eigenvalue weighted by Gasteiger charge is 2.34. The van der Waals surface area contributed by atoms with Crippen LogP contribution >= 0.6 is 0 Å². The highest BCUT2D eigenvalue weighted by atomic mass is 16.1. The van der Waals surface area contributed by atoms with E-state index in [9.17, 15) is 4.79 Å². The zero-order chi connectivity index (χ0) is 23.2. The number of pyridine rings is 1. The molecule has 2 aromatic carbocycles. The van der Waals surface area contributed by atoms with Gasteiger partial charge < -0.3 is 4.98 Å². The van der Waals surface area contributed by atoms with Crippen LogP contribution in [0.3, 0.4) is 0 Å². The first kappa shape index (κ1) is 21.2. The number of rotatable bonds is 4. The number of H-pyrrole nitrogens is 1. The van der Waals surface area contributed by atoms with Crippen LogP contribution in [0.1, 0.15) is 71.4 Å². The molecular weight excluding hydrogens is 424 g/mol. The third kappa shape index (κ3) is 3.64. The fourth-order valence-corrected chi connectivity index (χ4v) is 5.92. The monoisotopic (exact) mass is 454 g/mol. The molecule has 2 aliphatic rings. The van der Waals surface area contributed by atoms with E-state index in [4.69, 9.17) is 0 Å². The molecule has 1 aliphatic heterocycles. The van der Waals surface area contributed by atoms with E-state index < -0.39 is 0 Å². The second-order valence-corrected chi connectivity index (χ2v) is 9.91. The van der Waals surface area contributed by atoms with Crippen LogP contribution in [0.4, 0.5) is 0 Å². The van der Waals surface area contributed by atoms with E-state index >= 15 is 0 Å². The standard InChI is InChI=1S/C27H30N6O/c1-17-13-18(2)22-15-23(27(34)28-24(22)14-17)25(26-29-30-31-33(26)21-9-5-6-10-21)32-12-11-19-7-3-4-8-20(19)16-32/h3-4,7-8,13-15,21,25H,5-6,9-12,16H2,1-2H3,(H,28,34). The fraction of sp³-hybridized carbons (Fsp3) is 0.407. The molecule has 1 saturated carbocycles. The van der Waals surface area contributed by atoms with Crippen LogP contribution in [-0.4, -0.2) is 36.6 Å². The lowest BCUT2D eigenvalue weighted by Crippen LogP contribution is -2.39. The van der Waals surface area contributed by atoms with E-state index in [2.05, 4.69) is 75.7 Å². The van der Waals surface area contributed by atoms with Gasteiger partial charge in [-0.25, -0.2) is 4.68 Å². The molecule has 6 rings (SSSR count). The molecule has 34 heavy (non-hydrogen) atoms. The third-order valence-corrected chi connectivity index (χ3v) is 7.59. The van der Waals surface area contributed by atoms with Gasteiger partial charge in [0.25, 0.3) is 5.56 Å². The highest BCUT2D eigenvalue weighted by Crippen LogP contribution is 2.36. The predicted octanol–water partition coefficient (Wildman–Crippen LogP) is 4.39. The van der Waals surface area contributed by atoms with E-state index in [0.29, 0.717) is 11.6 Å². The molecule has 7 heteroatoms. The van der Waals surface area contributed by atoms with E-state index in [-0.39, 0.29) is 11.6 Å². The summed E-state index contributed by atoms with van der Waals surface area (Å²) >= 11 is 0. The summed E-state index contributed by atoms with van der Waals surface area (Å²) in [6, 6.07) is 14.9. The van der Waals surface area contributed by atoms with Crippen molar-refractivity contribution in [1.82, 2.24) is 30.1 Å². The first-order valence-corrected chi connectivity index (χ1v) is 12.3. The second kappa shape index (κ2) is 8.47. The van der Waals surface area contributed by atoms with Gasteiger partial charge in [0.15, 0.2) is 5.82 Å². The number of hydrogen-bond acceptors (Lipinski definition) is 5. The maximum absolute atomic E-state index is 13.6. The molecule has 0 radical (unpaired) electrons.